The number of hydrogen-bond acceptors (Lipinski definition) is 4. The number of urea groups is 1. The first kappa shape index (κ1) is 18.9. The molecule has 3 rings (SSSR count). The number of nitrogens with one attached hydrogen (secondary N) is 2. The molecule has 0 unspecified atom stereocenters. The second-order valence-corrected chi connectivity index (χ2v) is 7.22. The lowest BCUT2D eigenvalue weighted by molar-refractivity contribution is -0.119. The largest absolute Gasteiger partial charge is 0.334 e. The fraction of sp³-hybridized carbons (Fsp3) is 0.190. The number of pyridine rings is 1. The molecule has 0 spiro atoms. The van der Waals surface area contributed by atoms with Crippen LogP contribution in [0.15, 0.2) is 65.7 Å². The Hall–Kier alpha value is -2.86. The van der Waals surface area contributed by atoms with Gasteiger partial charge in [-0.1, -0.05) is 48.5 Å². The maximum atomic E-state index is 11.9. The van der Waals surface area contributed by atoms with Crippen molar-refractivity contribution >= 4 is 34.6 Å². The van der Waals surface area contributed by atoms with E-state index in [1.54, 1.807) is 0 Å². The number of nitrogens with zero attached hydrogens (tertiary/aromatic N) is 1. The molecule has 2 N–H and O–H groups in total. The van der Waals surface area contributed by atoms with Crippen molar-refractivity contribution in [1.82, 2.24) is 15.6 Å². The van der Waals surface area contributed by atoms with Crippen molar-refractivity contribution in [2.24, 2.45) is 0 Å². The average molecular weight is 379 g/mol. The molecule has 5 nitrogen and oxygen atoms in total. The molecule has 0 saturated heterocycles. The summed E-state index contributed by atoms with van der Waals surface area (Å²) in [5.74, 6) is 0.258. The third kappa shape index (κ3) is 5.56. The van der Waals surface area contributed by atoms with Crippen molar-refractivity contribution in [3.63, 3.8) is 0 Å². The van der Waals surface area contributed by atoms with E-state index in [2.05, 4.69) is 22.5 Å². The summed E-state index contributed by atoms with van der Waals surface area (Å²) < 4.78 is 0. The van der Waals surface area contributed by atoms with Gasteiger partial charge < -0.3 is 5.32 Å². The molecule has 27 heavy (non-hydrogen) atoms. The highest BCUT2D eigenvalue weighted by Crippen LogP contribution is 2.23. The number of aryl methyl sites for hydroxylation is 1. The van der Waals surface area contributed by atoms with E-state index in [0.29, 0.717) is 12.3 Å². The third-order valence-corrected chi connectivity index (χ3v) is 4.94. The molecular formula is C21H21N3O2S. The van der Waals surface area contributed by atoms with Gasteiger partial charge in [-0.15, -0.1) is 11.8 Å². The number of carbonyl (C=O) groups is 2. The number of benzene rings is 2. The van der Waals surface area contributed by atoms with E-state index < -0.39 is 6.03 Å². The first-order valence-corrected chi connectivity index (χ1v) is 9.71. The number of aromatic nitrogens is 1. The molecule has 0 radical (unpaired) electrons. The second-order valence-electron chi connectivity index (χ2n) is 6.11. The van der Waals surface area contributed by atoms with Gasteiger partial charge in [0.1, 0.15) is 0 Å². The molecular weight excluding hydrogens is 358 g/mol. The topological polar surface area (TPSA) is 71.1 Å². The number of rotatable bonds is 6. The van der Waals surface area contributed by atoms with Crippen molar-refractivity contribution in [3.05, 3.63) is 71.8 Å². The summed E-state index contributed by atoms with van der Waals surface area (Å²) in [4.78, 5) is 28.3. The predicted molar refractivity (Wildman–Crippen MR) is 109 cm³/mol. The minimum atomic E-state index is -0.478. The Bertz CT molecular complexity index is 945. The maximum Gasteiger partial charge on any atom is 0.321 e. The molecule has 0 aliphatic carbocycles. The number of fused-ring (bicyclic) bond motifs is 1. The molecule has 1 aromatic heterocycles. The molecule has 6 heteroatoms. The maximum absolute atomic E-state index is 11.9. The molecule has 0 saturated carbocycles. The number of hydrogen-bond donors (Lipinski definition) is 2. The molecule has 0 aliphatic heterocycles. The zero-order valence-corrected chi connectivity index (χ0v) is 15.9. The average Bonchev–Trinajstić information content (AvgIpc) is 2.67. The summed E-state index contributed by atoms with van der Waals surface area (Å²) in [6, 6.07) is 19.1. The minimum Gasteiger partial charge on any atom is -0.334 e. The van der Waals surface area contributed by atoms with Gasteiger partial charge in [-0.3, -0.25) is 10.1 Å². The Morgan fingerprint density at radius 2 is 1.78 bits per heavy atom. The van der Waals surface area contributed by atoms with Crippen LogP contribution in [0.2, 0.25) is 0 Å². The molecule has 138 valence electrons. The van der Waals surface area contributed by atoms with E-state index in [0.717, 1.165) is 27.1 Å². The Kier molecular flexibility index (Phi) is 6.44. The highest BCUT2D eigenvalue weighted by Gasteiger charge is 2.09. The smallest absolute Gasteiger partial charge is 0.321 e. The van der Waals surface area contributed by atoms with E-state index >= 15 is 0 Å². The molecule has 0 bridgehead atoms. The highest BCUT2D eigenvalue weighted by atomic mass is 32.2. The van der Waals surface area contributed by atoms with Gasteiger partial charge in [0.2, 0.25) is 5.91 Å². The summed E-state index contributed by atoms with van der Waals surface area (Å²) in [6.45, 7) is 2.44. The summed E-state index contributed by atoms with van der Waals surface area (Å²) in [7, 11) is 0. The first-order chi connectivity index (χ1) is 13.1. The van der Waals surface area contributed by atoms with E-state index in [4.69, 9.17) is 0 Å². The number of para-hydroxylation sites is 1. The van der Waals surface area contributed by atoms with Gasteiger partial charge >= 0.3 is 6.03 Å². The van der Waals surface area contributed by atoms with Crippen molar-refractivity contribution in [2.45, 2.75) is 24.9 Å². The van der Waals surface area contributed by atoms with Crippen LogP contribution in [0.5, 0.6) is 0 Å². The zero-order chi connectivity index (χ0) is 19.1. The van der Waals surface area contributed by atoms with Crippen molar-refractivity contribution in [1.29, 1.82) is 0 Å². The molecule has 1 heterocycles. The number of carbonyl (C=O) groups excluding carboxylic acids is 2. The molecule has 2 aromatic carbocycles. The van der Waals surface area contributed by atoms with Gasteiger partial charge in [0.05, 0.1) is 10.5 Å². The van der Waals surface area contributed by atoms with Crippen LogP contribution in [0.1, 0.15) is 17.5 Å². The Morgan fingerprint density at radius 1 is 1.04 bits per heavy atom. The van der Waals surface area contributed by atoms with Crippen LogP contribution in [-0.4, -0.2) is 22.7 Å². The second kappa shape index (κ2) is 9.19. The van der Waals surface area contributed by atoms with Crippen LogP contribution in [0.4, 0.5) is 4.79 Å². The number of imide groups is 1. The van der Waals surface area contributed by atoms with Gasteiger partial charge in [0.25, 0.3) is 0 Å². The predicted octanol–water partition coefficient (Wildman–Crippen LogP) is 4.05. The Morgan fingerprint density at radius 3 is 2.59 bits per heavy atom. The highest BCUT2D eigenvalue weighted by molar-refractivity contribution is 7.99. The van der Waals surface area contributed by atoms with Crippen LogP contribution < -0.4 is 10.6 Å². The minimum absolute atomic E-state index is 0.247. The first-order valence-electron chi connectivity index (χ1n) is 8.72. The van der Waals surface area contributed by atoms with Crippen LogP contribution in [0, 0.1) is 6.92 Å². The zero-order valence-electron chi connectivity index (χ0n) is 15.1. The van der Waals surface area contributed by atoms with E-state index in [1.165, 1.54) is 11.8 Å². The van der Waals surface area contributed by atoms with Gasteiger partial charge in [0, 0.05) is 24.1 Å². The third-order valence-electron chi connectivity index (χ3n) is 4.03. The number of amides is 3. The van der Waals surface area contributed by atoms with Crippen molar-refractivity contribution < 1.29 is 9.59 Å². The van der Waals surface area contributed by atoms with Gasteiger partial charge in [-0.2, -0.15) is 0 Å². The van der Waals surface area contributed by atoms with Crippen molar-refractivity contribution in [2.75, 3.05) is 5.75 Å². The lowest BCUT2D eigenvalue weighted by Gasteiger charge is -2.08. The van der Waals surface area contributed by atoms with Gasteiger partial charge in [-0.25, -0.2) is 9.78 Å². The summed E-state index contributed by atoms with van der Waals surface area (Å²) in [5, 5.41) is 7.05. The summed E-state index contributed by atoms with van der Waals surface area (Å²) in [5.41, 5.74) is 3.09. The van der Waals surface area contributed by atoms with E-state index in [9.17, 15) is 9.59 Å². The normalized spacial score (nSPS) is 10.6. The lowest BCUT2D eigenvalue weighted by atomic mass is 10.1. The monoisotopic (exact) mass is 379 g/mol. The fourth-order valence-electron chi connectivity index (χ4n) is 2.65. The fourth-order valence-corrected chi connectivity index (χ4v) is 3.57. The van der Waals surface area contributed by atoms with Crippen LogP contribution in [0.25, 0.3) is 10.9 Å². The Balaban J connectivity index is 1.43. The quantitative estimate of drug-likeness (QED) is 0.634. The SMILES string of the molecule is Cc1cc(SCCC(=O)NC(=O)NCc2ccccc2)nc2ccccc12. The Labute approximate surface area is 162 Å². The molecule has 0 fully saturated rings. The van der Waals surface area contributed by atoms with Crippen LogP contribution >= 0.6 is 11.8 Å². The van der Waals surface area contributed by atoms with Crippen molar-refractivity contribution in [3.8, 4) is 0 Å². The standard InChI is InChI=1S/C21H21N3O2S/c1-15-13-20(23-18-10-6-5-9-17(15)18)27-12-11-19(25)24-21(26)22-14-16-7-3-2-4-8-16/h2-10,13H,11-12,14H2,1H3,(H2,22,24,25,26). The lowest BCUT2D eigenvalue weighted by Crippen LogP contribution is -2.39. The van der Waals surface area contributed by atoms with Gasteiger partial charge in [-0.05, 0) is 30.2 Å². The molecule has 0 aliphatic rings. The summed E-state index contributed by atoms with van der Waals surface area (Å²) in [6.07, 6.45) is 0.247. The van der Waals surface area contributed by atoms with Crippen LogP contribution in [-0.2, 0) is 11.3 Å². The molecule has 0 atom stereocenters. The molecule has 3 amide bonds. The van der Waals surface area contributed by atoms with E-state index in [-0.39, 0.29) is 12.3 Å². The summed E-state index contributed by atoms with van der Waals surface area (Å²) >= 11 is 1.51. The van der Waals surface area contributed by atoms with E-state index in [1.807, 2.05) is 60.7 Å². The van der Waals surface area contributed by atoms with Crippen LogP contribution in [0.3, 0.4) is 0 Å². The van der Waals surface area contributed by atoms with Gasteiger partial charge in [0.15, 0.2) is 0 Å². The number of thioether (sulfide) groups is 1. The molecule has 3 aromatic rings.